The van der Waals surface area contributed by atoms with E-state index in [2.05, 4.69) is 37.9 Å². The van der Waals surface area contributed by atoms with Crippen LogP contribution < -0.4 is 10.0 Å². The van der Waals surface area contributed by atoms with Crippen LogP contribution in [0.25, 0.3) is 0 Å². The molecule has 1 fully saturated rings. The van der Waals surface area contributed by atoms with Gasteiger partial charge in [-0.3, -0.25) is 0 Å². The van der Waals surface area contributed by atoms with Crippen LogP contribution in [0, 0.1) is 5.92 Å². The number of sulfonamides is 1. The van der Waals surface area contributed by atoms with Crippen LogP contribution >= 0.6 is 15.9 Å². The van der Waals surface area contributed by atoms with Crippen molar-refractivity contribution < 1.29 is 8.42 Å². The summed E-state index contributed by atoms with van der Waals surface area (Å²) in [6.45, 7) is 2.10. The minimum absolute atomic E-state index is 0.0115. The molecule has 1 aromatic rings. The second-order valence-electron chi connectivity index (χ2n) is 5.24. The van der Waals surface area contributed by atoms with Gasteiger partial charge in [-0.05, 0) is 40.8 Å². The molecule has 7 heteroatoms. The molecular formula is C13H20BrN3O2S. The average Bonchev–Trinajstić information content (AvgIpc) is 2.41. The van der Waals surface area contributed by atoms with E-state index >= 15 is 0 Å². The molecule has 112 valence electrons. The van der Waals surface area contributed by atoms with Crippen molar-refractivity contribution in [2.45, 2.75) is 43.5 Å². The van der Waals surface area contributed by atoms with E-state index in [1.165, 1.54) is 6.42 Å². The Labute approximate surface area is 128 Å². The zero-order valence-electron chi connectivity index (χ0n) is 11.7. The molecule has 0 bridgehead atoms. The summed E-state index contributed by atoms with van der Waals surface area (Å²) >= 11 is 3.27. The second kappa shape index (κ2) is 6.41. The molecule has 1 aliphatic rings. The van der Waals surface area contributed by atoms with Crippen molar-refractivity contribution in [3.05, 3.63) is 16.7 Å². The molecule has 0 radical (unpaired) electrons. The van der Waals surface area contributed by atoms with Crippen molar-refractivity contribution in [1.82, 2.24) is 9.71 Å². The average molecular weight is 362 g/mol. The van der Waals surface area contributed by atoms with E-state index in [1.54, 1.807) is 19.3 Å². The maximum absolute atomic E-state index is 12.6. The van der Waals surface area contributed by atoms with Gasteiger partial charge in [0.15, 0.2) is 0 Å². The SMILES string of the molecule is CNc1ncc(Br)cc1S(=O)(=O)NC1CCCCC1C. The maximum Gasteiger partial charge on any atom is 0.244 e. The van der Waals surface area contributed by atoms with Crippen LogP contribution in [0.3, 0.4) is 0 Å². The lowest BCUT2D eigenvalue weighted by molar-refractivity contribution is 0.310. The van der Waals surface area contributed by atoms with Crippen LogP contribution in [0.15, 0.2) is 21.6 Å². The lowest BCUT2D eigenvalue weighted by Crippen LogP contribution is -2.41. The molecule has 0 saturated heterocycles. The molecule has 2 N–H and O–H groups in total. The first-order valence-corrected chi connectivity index (χ1v) is 9.07. The molecule has 0 aliphatic heterocycles. The van der Waals surface area contributed by atoms with Gasteiger partial charge in [-0.2, -0.15) is 0 Å². The molecule has 5 nitrogen and oxygen atoms in total. The summed E-state index contributed by atoms with van der Waals surface area (Å²) in [7, 11) is -1.90. The van der Waals surface area contributed by atoms with Crippen LogP contribution in [0.1, 0.15) is 32.6 Å². The molecule has 0 amide bonds. The highest BCUT2D eigenvalue weighted by molar-refractivity contribution is 9.10. The molecule has 0 spiro atoms. The van der Waals surface area contributed by atoms with Gasteiger partial charge in [0, 0.05) is 23.8 Å². The van der Waals surface area contributed by atoms with Crippen molar-refractivity contribution in [2.24, 2.45) is 5.92 Å². The van der Waals surface area contributed by atoms with Gasteiger partial charge >= 0.3 is 0 Å². The molecule has 2 unspecified atom stereocenters. The van der Waals surface area contributed by atoms with Gasteiger partial charge in [0.25, 0.3) is 0 Å². The lowest BCUT2D eigenvalue weighted by Gasteiger charge is -2.29. The van der Waals surface area contributed by atoms with Crippen molar-refractivity contribution in [1.29, 1.82) is 0 Å². The summed E-state index contributed by atoms with van der Waals surface area (Å²) in [6.07, 6.45) is 5.81. The van der Waals surface area contributed by atoms with Crippen molar-refractivity contribution in [3.63, 3.8) is 0 Å². The second-order valence-corrected chi connectivity index (χ2v) is 7.84. The minimum Gasteiger partial charge on any atom is -0.372 e. The smallest absolute Gasteiger partial charge is 0.244 e. The number of nitrogens with zero attached hydrogens (tertiary/aromatic N) is 1. The van der Waals surface area contributed by atoms with Gasteiger partial charge in [0.1, 0.15) is 10.7 Å². The molecule has 1 aliphatic carbocycles. The van der Waals surface area contributed by atoms with Crippen LogP contribution in [0.4, 0.5) is 5.82 Å². The van der Waals surface area contributed by atoms with Crippen LogP contribution in [0.5, 0.6) is 0 Å². The van der Waals surface area contributed by atoms with Crippen LogP contribution in [-0.2, 0) is 10.0 Å². The van der Waals surface area contributed by atoms with E-state index in [-0.39, 0.29) is 10.9 Å². The van der Waals surface area contributed by atoms with Gasteiger partial charge in [0.2, 0.25) is 10.0 Å². The number of hydrogen-bond acceptors (Lipinski definition) is 4. The lowest BCUT2D eigenvalue weighted by atomic mass is 9.87. The third kappa shape index (κ3) is 3.51. The van der Waals surface area contributed by atoms with E-state index < -0.39 is 10.0 Å². The fourth-order valence-electron chi connectivity index (χ4n) is 2.57. The molecule has 1 heterocycles. The van der Waals surface area contributed by atoms with E-state index in [0.29, 0.717) is 16.2 Å². The van der Waals surface area contributed by atoms with E-state index in [4.69, 9.17) is 0 Å². The topological polar surface area (TPSA) is 71.1 Å². The van der Waals surface area contributed by atoms with E-state index in [1.807, 2.05) is 0 Å². The number of rotatable bonds is 4. The minimum atomic E-state index is -3.56. The molecule has 1 saturated carbocycles. The van der Waals surface area contributed by atoms with Gasteiger partial charge < -0.3 is 5.32 Å². The van der Waals surface area contributed by atoms with E-state index in [0.717, 1.165) is 19.3 Å². The monoisotopic (exact) mass is 361 g/mol. The first-order chi connectivity index (χ1) is 9.44. The van der Waals surface area contributed by atoms with Crippen LogP contribution in [-0.4, -0.2) is 26.5 Å². The predicted molar refractivity (Wildman–Crippen MR) is 83.2 cm³/mol. The largest absolute Gasteiger partial charge is 0.372 e. The number of aromatic nitrogens is 1. The summed E-state index contributed by atoms with van der Waals surface area (Å²) in [5.74, 6) is 0.737. The third-order valence-electron chi connectivity index (χ3n) is 3.76. The Morgan fingerprint density at radius 1 is 1.35 bits per heavy atom. The molecule has 20 heavy (non-hydrogen) atoms. The Balaban J connectivity index is 2.28. The zero-order valence-corrected chi connectivity index (χ0v) is 14.1. The Kier molecular flexibility index (Phi) is 5.04. The van der Waals surface area contributed by atoms with Gasteiger partial charge in [-0.15, -0.1) is 0 Å². The summed E-state index contributed by atoms with van der Waals surface area (Å²) in [5, 5.41) is 2.83. The fraction of sp³-hybridized carbons (Fsp3) is 0.615. The summed E-state index contributed by atoms with van der Waals surface area (Å²) in [6, 6.07) is 1.59. The molecular weight excluding hydrogens is 342 g/mol. The zero-order chi connectivity index (χ0) is 14.8. The van der Waals surface area contributed by atoms with Gasteiger partial charge in [0.05, 0.1) is 0 Å². The number of hydrogen-bond donors (Lipinski definition) is 2. The van der Waals surface area contributed by atoms with Crippen LogP contribution in [0.2, 0.25) is 0 Å². The van der Waals surface area contributed by atoms with Gasteiger partial charge in [-0.1, -0.05) is 19.8 Å². The standard InChI is InChI=1S/C13H20BrN3O2S/c1-9-5-3-4-6-11(9)17-20(18,19)12-7-10(14)8-16-13(12)15-2/h7-9,11,17H,3-6H2,1-2H3,(H,15,16). The number of nitrogens with one attached hydrogen (secondary N) is 2. The Morgan fingerprint density at radius 2 is 2.05 bits per heavy atom. The summed E-state index contributed by atoms with van der Waals surface area (Å²) in [5.41, 5.74) is 0. The molecule has 2 atom stereocenters. The Bertz CT molecular complexity index is 577. The molecule has 2 rings (SSSR count). The quantitative estimate of drug-likeness (QED) is 0.864. The number of halogens is 1. The third-order valence-corrected chi connectivity index (χ3v) is 5.70. The molecule has 0 aromatic carbocycles. The normalized spacial score (nSPS) is 23.6. The fourth-order valence-corrected chi connectivity index (χ4v) is 4.62. The predicted octanol–water partition coefficient (Wildman–Crippen LogP) is 2.74. The highest BCUT2D eigenvalue weighted by Crippen LogP contribution is 2.27. The Morgan fingerprint density at radius 3 is 2.70 bits per heavy atom. The Hall–Kier alpha value is -0.660. The van der Waals surface area contributed by atoms with Crippen molar-refractivity contribution in [2.75, 3.05) is 12.4 Å². The van der Waals surface area contributed by atoms with E-state index in [9.17, 15) is 8.42 Å². The maximum atomic E-state index is 12.6. The number of pyridine rings is 1. The summed E-state index contributed by atoms with van der Waals surface area (Å²) in [4.78, 5) is 4.29. The van der Waals surface area contributed by atoms with Gasteiger partial charge in [-0.25, -0.2) is 18.1 Å². The van der Waals surface area contributed by atoms with Crippen molar-refractivity contribution in [3.8, 4) is 0 Å². The first-order valence-electron chi connectivity index (χ1n) is 6.79. The number of anilines is 1. The first kappa shape index (κ1) is 15.7. The van der Waals surface area contributed by atoms with Crippen molar-refractivity contribution >= 4 is 31.8 Å². The molecule has 1 aromatic heterocycles. The highest BCUT2D eigenvalue weighted by atomic mass is 79.9. The highest BCUT2D eigenvalue weighted by Gasteiger charge is 2.28. The summed E-state index contributed by atoms with van der Waals surface area (Å²) < 4.78 is 28.6.